The molecule has 1 atom stereocenters. The zero-order valence-electron chi connectivity index (χ0n) is 10.9. The molecule has 2 aromatic rings. The molecule has 3 rings (SSSR count). The van der Waals surface area contributed by atoms with E-state index in [9.17, 15) is 5.26 Å². The van der Waals surface area contributed by atoms with Gasteiger partial charge in [0.05, 0.1) is 10.6 Å². The van der Waals surface area contributed by atoms with Crippen LogP contribution in [0.2, 0.25) is 0 Å². The van der Waals surface area contributed by atoms with Crippen molar-refractivity contribution in [2.24, 2.45) is 0 Å². The van der Waals surface area contributed by atoms with Crippen LogP contribution in [0.1, 0.15) is 34.7 Å². The minimum Gasteiger partial charge on any atom is -0.352 e. The van der Waals surface area contributed by atoms with Gasteiger partial charge in [0.15, 0.2) is 0 Å². The molecule has 1 heterocycles. The Labute approximate surface area is 117 Å². The third-order valence-corrected chi connectivity index (χ3v) is 4.65. The van der Waals surface area contributed by atoms with Crippen molar-refractivity contribution < 1.29 is 0 Å². The van der Waals surface area contributed by atoms with E-state index in [2.05, 4.69) is 41.4 Å². The number of nitriles is 1. The number of aryl methyl sites for hydroxylation is 1. The summed E-state index contributed by atoms with van der Waals surface area (Å²) >= 11 is 1.63. The number of aromatic amines is 1. The Bertz CT molecular complexity index is 622. The van der Waals surface area contributed by atoms with E-state index >= 15 is 0 Å². The average Bonchev–Trinajstić information content (AvgIpc) is 2.84. The van der Waals surface area contributed by atoms with E-state index < -0.39 is 0 Å². The molecule has 96 valence electrons. The first-order valence-corrected chi connectivity index (χ1v) is 7.78. The van der Waals surface area contributed by atoms with Crippen LogP contribution in [-0.4, -0.2) is 11.2 Å². The average molecular weight is 268 g/mol. The predicted octanol–water partition coefficient (Wildman–Crippen LogP) is 3.88. The minimum atomic E-state index is 0.548. The fraction of sp³-hybridized carbons (Fsp3) is 0.312. The largest absolute Gasteiger partial charge is 0.352 e. The Balaban J connectivity index is 1.96. The molecule has 0 saturated carbocycles. The van der Waals surface area contributed by atoms with E-state index in [0.717, 1.165) is 29.9 Å². The van der Waals surface area contributed by atoms with Gasteiger partial charge in [0.1, 0.15) is 6.07 Å². The van der Waals surface area contributed by atoms with Gasteiger partial charge < -0.3 is 4.98 Å². The van der Waals surface area contributed by atoms with E-state index in [0.29, 0.717) is 5.92 Å². The van der Waals surface area contributed by atoms with Crippen molar-refractivity contribution in [3.63, 3.8) is 0 Å². The molecule has 3 heteroatoms. The van der Waals surface area contributed by atoms with Crippen LogP contribution in [0, 0.1) is 11.3 Å². The van der Waals surface area contributed by atoms with E-state index in [1.807, 2.05) is 6.26 Å². The zero-order valence-corrected chi connectivity index (χ0v) is 11.8. The summed E-state index contributed by atoms with van der Waals surface area (Å²) < 4.78 is 0. The summed E-state index contributed by atoms with van der Waals surface area (Å²) in [6.07, 6.45) is 5.21. The van der Waals surface area contributed by atoms with Crippen LogP contribution in [0.3, 0.4) is 0 Å². The summed E-state index contributed by atoms with van der Waals surface area (Å²) in [4.78, 5) is 3.42. The second kappa shape index (κ2) is 5.14. The highest BCUT2D eigenvalue weighted by molar-refractivity contribution is 7.98. The van der Waals surface area contributed by atoms with Gasteiger partial charge in [-0.15, -0.1) is 11.8 Å². The number of benzene rings is 1. The second-order valence-corrected chi connectivity index (χ2v) is 5.77. The summed E-state index contributed by atoms with van der Waals surface area (Å²) in [5.74, 6) is 0.548. The fourth-order valence-electron chi connectivity index (χ4n) is 2.95. The maximum atomic E-state index is 9.37. The van der Waals surface area contributed by atoms with Gasteiger partial charge in [0.25, 0.3) is 0 Å². The number of thioether (sulfide) groups is 1. The monoisotopic (exact) mass is 268 g/mol. The van der Waals surface area contributed by atoms with Gasteiger partial charge in [0.2, 0.25) is 0 Å². The molecule has 1 aliphatic rings. The van der Waals surface area contributed by atoms with Gasteiger partial charge in [-0.2, -0.15) is 5.26 Å². The fourth-order valence-corrected chi connectivity index (χ4v) is 3.55. The lowest BCUT2D eigenvalue weighted by Crippen LogP contribution is -2.12. The molecule has 0 fully saturated rings. The number of nitrogens with one attached hydrogen (secondary N) is 1. The van der Waals surface area contributed by atoms with Crippen molar-refractivity contribution in [3.05, 3.63) is 52.7 Å². The van der Waals surface area contributed by atoms with Gasteiger partial charge in [-0.25, -0.2) is 0 Å². The number of aromatic nitrogens is 1. The van der Waals surface area contributed by atoms with Crippen LogP contribution in [0.15, 0.2) is 35.4 Å². The predicted molar refractivity (Wildman–Crippen MR) is 78.5 cm³/mol. The molecule has 2 nitrogen and oxygen atoms in total. The molecular formula is C16H16N2S. The minimum absolute atomic E-state index is 0.548. The number of fused-ring (bicyclic) bond motifs is 1. The molecule has 0 radical (unpaired) electrons. The van der Waals surface area contributed by atoms with Crippen molar-refractivity contribution >= 4 is 11.8 Å². The summed E-state index contributed by atoms with van der Waals surface area (Å²) in [5.41, 5.74) is 4.77. The Morgan fingerprint density at radius 1 is 1.32 bits per heavy atom. The third-order valence-electron chi connectivity index (χ3n) is 3.94. The molecule has 1 aromatic carbocycles. The quantitative estimate of drug-likeness (QED) is 0.840. The number of H-pyrrole nitrogens is 1. The van der Waals surface area contributed by atoms with Crippen molar-refractivity contribution in [2.45, 2.75) is 30.2 Å². The topological polar surface area (TPSA) is 39.6 Å². The number of rotatable bonds is 2. The zero-order chi connectivity index (χ0) is 13.2. The Kier molecular flexibility index (Phi) is 3.35. The lowest BCUT2D eigenvalue weighted by molar-refractivity contribution is 0.579. The number of hydrogen-bond donors (Lipinski definition) is 1. The van der Waals surface area contributed by atoms with E-state index in [1.54, 1.807) is 11.8 Å². The number of hydrogen-bond acceptors (Lipinski definition) is 2. The van der Waals surface area contributed by atoms with E-state index in [-0.39, 0.29) is 0 Å². The molecule has 19 heavy (non-hydrogen) atoms. The van der Waals surface area contributed by atoms with Gasteiger partial charge >= 0.3 is 0 Å². The second-order valence-electron chi connectivity index (χ2n) is 4.95. The summed E-state index contributed by atoms with van der Waals surface area (Å²) in [7, 11) is 0. The summed E-state index contributed by atoms with van der Waals surface area (Å²) in [6, 6.07) is 13.0. The first-order chi connectivity index (χ1) is 9.33. The van der Waals surface area contributed by atoms with E-state index in [1.165, 1.54) is 16.8 Å². The van der Waals surface area contributed by atoms with Crippen molar-refractivity contribution in [1.29, 1.82) is 5.26 Å². The summed E-state index contributed by atoms with van der Waals surface area (Å²) in [6.45, 7) is 0. The first kappa shape index (κ1) is 12.4. The lowest BCUT2D eigenvalue weighted by Gasteiger charge is -2.22. The molecule has 0 aliphatic heterocycles. The van der Waals surface area contributed by atoms with Crippen LogP contribution in [0.5, 0.6) is 0 Å². The molecule has 0 spiro atoms. The van der Waals surface area contributed by atoms with E-state index in [4.69, 9.17) is 0 Å². The molecule has 0 amide bonds. The molecule has 1 aliphatic carbocycles. The normalized spacial score (nSPS) is 17.8. The highest BCUT2D eigenvalue weighted by Gasteiger charge is 2.25. The summed E-state index contributed by atoms with van der Waals surface area (Å²) in [5, 5.41) is 10.4. The molecular weight excluding hydrogens is 252 g/mol. The van der Waals surface area contributed by atoms with Gasteiger partial charge in [-0.3, -0.25) is 0 Å². The first-order valence-electron chi connectivity index (χ1n) is 6.56. The van der Waals surface area contributed by atoms with Gasteiger partial charge in [0, 0.05) is 5.69 Å². The third kappa shape index (κ3) is 2.17. The smallest absolute Gasteiger partial charge is 0.102 e. The Hall–Kier alpha value is -1.66. The highest BCUT2D eigenvalue weighted by atomic mass is 32.2. The molecule has 1 N–H and O–H groups in total. The SMILES string of the molecule is CSc1[nH]c2c(c1C#N)CC(c1ccccc1)CC2. The van der Waals surface area contributed by atoms with Crippen LogP contribution >= 0.6 is 11.8 Å². The molecule has 0 bridgehead atoms. The molecule has 1 aromatic heterocycles. The van der Waals surface area contributed by atoms with Crippen LogP contribution in [0.25, 0.3) is 0 Å². The van der Waals surface area contributed by atoms with Gasteiger partial charge in [-0.1, -0.05) is 30.3 Å². The maximum absolute atomic E-state index is 9.37. The van der Waals surface area contributed by atoms with Crippen LogP contribution < -0.4 is 0 Å². The van der Waals surface area contributed by atoms with Gasteiger partial charge in [-0.05, 0) is 42.6 Å². The highest BCUT2D eigenvalue weighted by Crippen LogP contribution is 2.37. The lowest BCUT2D eigenvalue weighted by atomic mass is 9.82. The van der Waals surface area contributed by atoms with Crippen molar-refractivity contribution in [2.75, 3.05) is 6.26 Å². The van der Waals surface area contributed by atoms with Crippen LogP contribution in [-0.2, 0) is 12.8 Å². The standard InChI is InChI=1S/C16H16N2S/c1-19-16-14(10-17)13-9-12(7-8-15(13)18-16)11-5-3-2-4-6-11/h2-6,12,18H,7-9H2,1H3. The Morgan fingerprint density at radius 2 is 2.11 bits per heavy atom. The van der Waals surface area contributed by atoms with Crippen LogP contribution in [0.4, 0.5) is 0 Å². The van der Waals surface area contributed by atoms with Crippen molar-refractivity contribution in [3.8, 4) is 6.07 Å². The Morgan fingerprint density at radius 3 is 2.79 bits per heavy atom. The van der Waals surface area contributed by atoms with Crippen molar-refractivity contribution in [1.82, 2.24) is 4.98 Å². The number of nitrogens with zero attached hydrogens (tertiary/aromatic N) is 1. The maximum Gasteiger partial charge on any atom is 0.102 e. The molecule has 1 unspecified atom stereocenters. The molecule has 0 saturated heterocycles.